The van der Waals surface area contributed by atoms with Crippen LogP contribution >= 0.6 is 23.2 Å². The Morgan fingerprint density at radius 1 is 1.32 bits per heavy atom. The van der Waals surface area contributed by atoms with E-state index in [0.717, 1.165) is 0 Å². The lowest BCUT2D eigenvalue weighted by Gasteiger charge is -2.11. The van der Waals surface area contributed by atoms with E-state index in [9.17, 15) is 4.39 Å². The van der Waals surface area contributed by atoms with Crippen molar-refractivity contribution in [1.82, 2.24) is 4.98 Å². The lowest BCUT2D eigenvalue weighted by molar-refractivity contribution is 0.628. The lowest BCUT2D eigenvalue weighted by Crippen LogP contribution is -2.04. The molecule has 0 radical (unpaired) electrons. The molecule has 1 heterocycles. The SMILES string of the molecule is N#Cc1ncccc1CNc1c(Cl)cc(F)cc1Cl. The second-order valence-electron chi connectivity index (χ2n) is 3.72. The van der Waals surface area contributed by atoms with Gasteiger partial charge in [-0.25, -0.2) is 9.37 Å². The number of anilines is 1. The summed E-state index contributed by atoms with van der Waals surface area (Å²) in [7, 11) is 0. The summed E-state index contributed by atoms with van der Waals surface area (Å²) in [5, 5.41) is 12.3. The third-order valence-electron chi connectivity index (χ3n) is 2.46. The fourth-order valence-electron chi connectivity index (χ4n) is 1.58. The fraction of sp³-hybridized carbons (Fsp3) is 0.0769. The van der Waals surface area contributed by atoms with Crippen molar-refractivity contribution in [2.75, 3.05) is 5.32 Å². The number of pyridine rings is 1. The average molecular weight is 296 g/mol. The first-order valence-electron chi connectivity index (χ1n) is 5.34. The molecule has 96 valence electrons. The summed E-state index contributed by atoms with van der Waals surface area (Å²) < 4.78 is 13.0. The quantitative estimate of drug-likeness (QED) is 0.931. The molecule has 1 aromatic carbocycles. The molecule has 0 aliphatic heterocycles. The normalized spacial score (nSPS) is 10.0. The Morgan fingerprint density at radius 3 is 2.63 bits per heavy atom. The van der Waals surface area contributed by atoms with Gasteiger partial charge < -0.3 is 5.32 Å². The summed E-state index contributed by atoms with van der Waals surface area (Å²) in [6, 6.07) is 7.83. The van der Waals surface area contributed by atoms with Crippen molar-refractivity contribution < 1.29 is 4.39 Å². The van der Waals surface area contributed by atoms with Crippen molar-refractivity contribution in [3.8, 4) is 6.07 Å². The second kappa shape index (κ2) is 5.87. The van der Waals surface area contributed by atoms with Crippen molar-refractivity contribution in [1.29, 1.82) is 5.26 Å². The highest BCUT2D eigenvalue weighted by Gasteiger charge is 2.09. The molecule has 6 heteroatoms. The molecule has 0 amide bonds. The molecule has 0 saturated carbocycles. The highest BCUT2D eigenvalue weighted by molar-refractivity contribution is 6.39. The van der Waals surface area contributed by atoms with Crippen molar-refractivity contribution in [3.63, 3.8) is 0 Å². The molecule has 1 N–H and O–H groups in total. The van der Waals surface area contributed by atoms with Gasteiger partial charge in [-0.3, -0.25) is 0 Å². The Balaban J connectivity index is 2.22. The highest BCUT2D eigenvalue weighted by atomic mass is 35.5. The maximum absolute atomic E-state index is 13.0. The van der Waals surface area contributed by atoms with Gasteiger partial charge in [0.25, 0.3) is 0 Å². The summed E-state index contributed by atoms with van der Waals surface area (Å²) in [6.45, 7) is 0.321. The van der Waals surface area contributed by atoms with Crippen LogP contribution in [0.25, 0.3) is 0 Å². The first kappa shape index (κ1) is 13.6. The monoisotopic (exact) mass is 295 g/mol. The van der Waals surface area contributed by atoms with Gasteiger partial charge >= 0.3 is 0 Å². The van der Waals surface area contributed by atoms with E-state index in [0.29, 0.717) is 23.5 Å². The third-order valence-corrected chi connectivity index (χ3v) is 3.06. The number of nitriles is 1. The van der Waals surface area contributed by atoms with Crippen LogP contribution in [-0.4, -0.2) is 4.98 Å². The van der Waals surface area contributed by atoms with E-state index < -0.39 is 5.82 Å². The number of benzene rings is 1. The second-order valence-corrected chi connectivity index (χ2v) is 4.54. The number of hydrogen-bond donors (Lipinski definition) is 1. The van der Waals surface area contributed by atoms with E-state index in [1.165, 1.54) is 12.1 Å². The summed E-state index contributed by atoms with van der Waals surface area (Å²) in [5.74, 6) is -0.500. The van der Waals surface area contributed by atoms with Crippen LogP contribution in [0.15, 0.2) is 30.5 Å². The zero-order valence-corrected chi connectivity index (χ0v) is 11.1. The number of rotatable bonds is 3. The van der Waals surface area contributed by atoms with E-state index >= 15 is 0 Å². The molecule has 3 nitrogen and oxygen atoms in total. The molecule has 2 aromatic rings. The number of nitrogens with zero attached hydrogens (tertiary/aromatic N) is 2. The van der Waals surface area contributed by atoms with Crippen molar-refractivity contribution in [2.24, 2.45) is 0 Å². The molecule has 0 saturated heterocycles. The van der Waals surface area contributed by atoms with Gasteiger partial charge in [0.15, 0.2) is 0 Å². The van der Waals surface area contributed by atoms with Crippen LogP contribution in [0.3, 0.4) is 0 Å². The molecule has 0 atom stereocenters. The number of hydrogen-bond acceptors (Lipinski definition) is 3. The van der Waals surface area contributed by atoms with Gasteiger partial charge in [0.05, 0.1) is 15.7 Å². The van der Waals surface area contributed by atoms with E-state index in [1.54, 1.807) is 18.3 Å². The lowest BCUT2D eigenvalue weighted by atomic mass is 10.2. The van der Waals surface area contributed by atoms with Gasteiger partial charge in [0, 0.05) is 18.3 Å². The Bertz CT molecular complexity index is 630. The van der Waals surface area contributed by atoms with Crippen LogP contribution in [0.2, 0.25) is 10.0 Å². The molecule has 2 rings (SSSR count). The molecule has 0 aliphatic rings. The molecule has 0 aliphatic carbocycles. The molecule has 1 aromatic heterocycles. The fourth-order valence-corrected chi connectivity index (χ4v) is 2.17. The minimum Gasteiger partial charge on any atom is -0.378 e. The topological polar surface area (TPSA) is 48.7 Å². The van der Waals surface area contributed by atoms with Crippen molar-refractivity contribution in [3.05, 3.63) is 57.6 Å². The first-order chi connectivity index (χ1) is 9.11. The molecule has 19 heavy (non-hydrogen) atoms. The zero-order chi connectivity index (χ0) is 13.8. The minimum absolute atomic E-state index is 0.187. The number of halogens is 3. The van der Waals surface area contributed by atoms with Crippen LogP contribution in [0.1, 0.15) is 11.3 Å². The molecule has 0 fully saturated rings. The number of nitrogens with one attached hydrogen (secondary N) is 1. The Kier molecular flexibility index (Phi) is 4.20. The van der Waals surface area contributed by atoms with Gasteiger partial charge in [0.2, 0.25) is 0 Å². The van der Waals surface area contributed by atoms with E-state index in [2.05, 4.69) is 10.3 Å². The molecular formula is C13H8Cl2FN3. The molecular weight excluding hydrogens is 288 g/mol. The van der Waals surface area contributed by atoms with Gasteiger partial charge in [-0.2, -0.15) is 5.26 Å². The predicted molar refractivity (Wildman–Crippen MR) is 72.7 cm³/mol. The highest BCUT2D eigenvalue weighted by Crippen LogP contribution is 2.31. The summed E-state index contributed by atoms with van der Waals surface area (Å²) >= 11 is 11.8. The summed E-state index contributed by atoms with van der Waals surface area (Å²) in [5.41, 5.74) is 1.46. The largest absolute Gasteiger partial charge is 0.378 e. The smallest absolute Gasteiger partial charge is 0.145 e. The molecule has 0 spiro atoms. The maximum atomic E-state index is 13.0. The van der Waals surface area contributed by atoms with E-state index in [1.807, 2.05) is 6.07 Å². The van der Waals surface area contributed by atoms with Crippen LogP contribution in [0, 0.1) is 17.1 Å². The van der Waals surface area contributed by atoms with Crippen molar-refractivity contribution in [2.45, 2.75) is 6.54 Å². The van der Waals surface area contributed by atoms with Crippen molar-refractivity contribution >= 4 is 28.9 Å². The number of aromatic nitrogens is 1. The van der Waals surface area contributed by atoms with Crippen LogP contribution < -0.4 is 5.32 Å². The van der Waals surface area contributed by atoms with E-state index in [4.69, 9.17) is 28.5 Å². The van der Waals surface area contributed by atoms with Gasteiger partial charge in [-0.15, -0.1) is 0 Å². The molecule has 0 unspecified atom stereocenters. The average Bonchev–Trinajstić information content (AvgIpc) is 2.38. The third kappa shape index (κ3) is 3.14. The van der Waals surface area contributed by atoms with Gasteiger partial charge in [-0.05, 0) is 18.2 Å². The van der Waals surface area contributed by atoms with Gasteiger partial charge in [0.1, 0.15) is 17.6 Å². The standard InChI is InChI=1S/C13H8Cl2FN3/c14-10-4-9(16)5-11(15)13(10)19-7-8-2-1-3-18-12(8)6-17/h1-5,19H,7H2. The summed E-state index contributed by atoms with van der Waals surface area (Å²) in [6.07, 6.45) is 1.54. The van der Waals surface area contributed by atoms with Crippen LogP contribution in [0.5, 0.6) is 0 Å². The Hall–Kier alpha value is -1.83. The zero-order valence-electron chi connectivity index (χ0n) is 9.62. The van der Waals surface area contributed by atoms with Crippen LogP contribution in [0.4, 0.5) is 10.1 Å². The maximum Gasteiger partial charge on any atom is 0.145 e. The summed E-state index contributed by atoms with van der Waals surface area (Å²) in [4.78, 5) is 3.94. The van der Waals surface area contributed by atoms with Gasteiger partial charge in [-0.1, -0.05) is 29.3 Å². The first-order valence-corrected chi connectivity index (χ1v) is 6.10. The van der Waals surface area contributed by atoms with Crippen LogP contribution in [-0.2, 0) is 6.54 Å². The van der Waals surface area contributed by atoms with E-state index in [-0.39, 0.29) is 10.0 Å². The molecule has 0 bridgehead atoms. The Morgan fingerprint density at radius 2 is 2.00 bits per heavy atom. The Labute approximate surface area is 119 Å². The minimum atomic E-state index is -0.500. The predicted octanol–water partition coefficient (Wildman–Crippen LogP) is 4.01.